The Morgan fingerprint density at radius 3 is 2.87 bits per heavy atom. The predicted octanol–water partition coefficient (Wildman–Crippen LogP) is 3.91. The molecule has 2 aromatic carbocycles. The van der Waals surface area contributed by atoms with Gasteiger partial charge in [0.1, 0.15) is 5.58 Å². The summed E-state index contributed by atoms with van der Waals surface area (Å²) in [7, 11) is 0. The van der Waals surface area contributed by atoms with Gasteiger partial charge in [-0.2, -0.15) is 0 Å². The van der Waals surface area contributed by atoms with Crippen molar-refractivity contribution in [2.24, 2.45) is 0 Å². The second kappa shape index (κ2) is 4.80. The fourth-order valence-corrected chi connectivity index (χ4v) is 4.48. The van der Waals surface area contributed by atoms with Gasteiger partial charge >= 0.3 is 5.63 Å². The third kappa shape index (κ3) is 1.96. The molecule has 3 heterocycles. The maximum absolute atomic E-state index is 12.3. The van der Waals surface area contributed by atoms with Crippen LogP contribution in [-0.4, -0.2) is 6.79 Å². The Morgan fingerprint density at radius 1 is 1.04 bits per heavy atom. The average Bonchev–Trinajstić information content (AvgIpc) is 3.21. The van der Waals surface area contributed by atoms with Crippen LogP contribution in [0.4, 0.5) is 0 Å². The molecule has 0 N–H and O–H groups in total. The molecule has 1 aromatic heterocycles. The summed E-state index contributed by atoms with van der Waals surface area (Å²) < 4.78 is 16.3. The standard InChI is InChI=1S/C18H12O4S/c19-18-17-12(11-3-1-2-4-13(11)22-18)8-16(23-17)10-5-6-14-15(7-10)21-9-20-14/h1-7,16H,8-9H2/t16-/m0/s1. The lowest BCUT2D eigenvalue weighted by Gasteiger charge is -2.09. The zero-order chi connectivity index (χ0) is 15.4. The Morgan fingerprint density at radius 2 is 1.91 bits per heavy atom. The number of para-hydroxylation sites is 1. The van der Waals surface area contributed by atoms with Crippen molar-refractivity contribution < 1.29 is 13.9 Å². The van der Waals surface area contributed by atoms with E-state index in [1.807, 2.05) is 42.5 Å². The number of benzene rings is 2. The van der Waals surface area contributed by atoms with Crippen LogP contribution in [0.2, 0.25) is 0 Å². The monoisotopic (exact) mass is 324 g/mol. The van der Waals surface area contributed by atoms with E-state index < -0.39 is 0 Å². The summed E-state index contributed by atoms with van der Waals surface area (Å²) in [6.07, 6.45) is 0.811. The van der Waals surface area contributed by atoms with Gasteiger partial charge in [-0.25, -0.2) is 4.79 Å². The number of rotatable bonds is 1. The predicted molar refractivity (Wildman–Crippen MR) is 87.4 cm³/mol. The number of thioether (sulfide) groups is 1. The molecule has 0 saturated heterocycles. The number of hydrogen-bond donors (Lipinski definition) is 0. The van der Waals surface area contributed by atoms with E-state index in [1.165, 1.54) is 0 Å². The van der Waals surface area contributed by atoms with Crippen LogP contribution in [0, 0.1) is 0 Å². The molecule has 0 radical (unpaired) electrons. The number of hydrogen-bond acceptors (Lipinski definition) is 5. The van der Waals surface area contributed by atoms with Gasteiger partial charge in [0.2, 0.25) is 6.79 Å². The van der Waals surface area contributed by atoms with Crippen molar-refractivity contribution in [2.45, 2.75) is 16.6 Å². The molecular weight excluding hydrogens is 312 g/mol. The quantitative estimate of drug-likeness (QED) is 0.635. The largest absolute Gasteiger partial charge is 0.454 e. The Kier molecular flexibility index (Phi) is 2.73. The van der Waals surface area contributed by atoms with Gasteiger partial charge < -0.3 is 13.9 Å². The molecule has 114 valence electrons. The van der Waals surface area contributed by atoms with Crippen molar-refractivity contribution in [3.05, 3.63) is 64.0 Å². The van der Waals surface area contributed by atoms with Gasteiger partial charge in [0.25, 0.3) is 0 Å². The molecule has 0 amide bonds. The van der Waals surface area contributed by atoms with Gasteiger partial charge in [-0.15, -0.1) is 11.8 Å². The van der Waals surface area contributed by atoms with E-state index in [4.69, 9.17) is 13.9 Å². The first kappa shape index (κ1) is 13.1. The molecule has 5 heteroatoms. The maximum Gasteiger partial charge on any atom is 0.350 e. The molecule has 1 atom stereocenters. The molecule has 5 rings (SSSR count). The van der Waals surface area contributed by atoms with E-state index in [0.29, 0.717) is 5.58 Å². The second-order valence-electron chi connectivity index (χ2n) is 5.62. The van der Waals surface area contributed by atoms with E-state index in [9.17, 15) is 4.79 Å². The van der Waals surface area contributed by atoms with Crippen molar-refractivity contribution in [1.29, 1.82) is 0 Å². The molecule has 0 unspecified atom stereocenters. The molecule has 0 fully saturated rings. The van der Waals surface area contributed by atoms with Crippen molar-refractivity contribution in [3.63, 3.8) is 0 Å². The fourth-order valence-electron chi connectivity index (χ4n) is 3.19. The molecular formula is C18H12O4S. The van der Waals surface area contributed by atoms with Crippen LogP contribution in [0.15, 0.2) is 56.6 Å². The fraction of sp³-hybridized carbons (Fsp3) is 0.167. The van der Waals surface area contributed by atoms with Gasteiger partial charge in [0, 0.05) is 10.6 Å². The summed E-state index contributed by atoms with van der Waals surface area (Å²) >= 11 is 1.57. The lowest BCUT2D eigenvalue weighted by molar-refractivity contribution is 0.174. The van der Waals surface area contributed by atoms with Crippen LogP contribution < -0.4 is 15.1 Å². The Labute approximate surface area is 136 Å². The van der Waals surface area contributed by atoms with Gasteiger partial charge in [0.05, 0.1) is 4.90 Å². The first-order chi connectivity index (χ1) is 11.3. The maximum atomic E-state index is 12.3. The van der Waals surface area contributed by atoms with Gasteiger partial charge in [-0.05, 0) is 35.7 Å². The first-order valence-electron chi connectivity index (χ1n) is 7.40. The molecule has 0 aliphatic carbocycles. The molecule has 0 spiro atoms. The Balaban J connectivity index is 1.60. The number of ether oxygens (including phenoxy) is 2. The van der Waals surface area contributed by atoms with E-state index in [1.54, 1.807) is 11.8 Å². The van der Waals surface area contributed by atoms with Crippen LogP contribution >= 0.6 is 11.8 Å². The normalized spacial score (nSPS) is 18.3. The van der Waals surface area contributed by atoms with Crippen molar-refractivity contribution in [2.75, 3.05) is 6.79 Å². The lowest BCUT2D eigenvalue weighted by Crippen LogP contribution is -2.02. The van der Waals surface area contributed by atoms with E-state index in [2.05, 4.69) is 0 Å². The van der Waals surface area contributed by atoms with Crippen LogP contribution in [0.1, 0.15) is 16.4 Å². The van der Waals surface area contributed by atoms with Crippen molar-refractivity contribution in [3.8, 4) is 11.5 Å². The van der Waals surface area contributed by atoms with Crippen LogP contribution in [0.25, 0.3) is 11.0 Å². The zero-order valence-corrected chi connectivity index (χ0v) is 12.9. The highest BCUT2D eigenvalue weighted by Crippen LogP contribution is 2.48. The highest BCUT2D eigenvalue weighted by atomic mass is 32.2. The SMILES string of the molecule is O=c1oc2ccccc2c2c1S[C@H](c1ccc3c(c1)OCO3)C2. The minimum absolute atomic E-state index is 0.188. The molecule has 3 aromatic rings. The zero-order valence-electron chi connectivity index (χ0n) is 12.1. The topological polar surface area (TPSA) is 48.7 Å². The van der Waals surface area contributed by atoms with Crippen LogP contribution in [0.3, 0.4) is 0 Å². The molecule has 2 aliphatic rings. The summed E-state index contributed by atoms with van der Waals surface area (Å²) in [5.41, 5.74) is 2.64. The third-order valence-electron chi connectivity index (χ3n) is 4.29. The third-order valence-corrected chi connectivity index (χ3v) is 5.66. The average molecular weight is 324 g/mol. The minimum Gasteiger partial charge on any atom is -0.454 e. The van der Waals surface area contributed by atoms with Gasteiger partial charge in [0.15, 0.2) is 11.5 Å². The van der Waals surface area contributed by atoms with Gasteiger partial charge in [-0.1, -0.05) is 24.3 Å². The van der Waals surface area contributed by atoms with E-state index in [0.717, 1.165) is 39.3 Å². The summed E-state index contributed by atoms with van der Waals surface area (Å²) in [5, 5.41) is 1.21. The highest BCUT2D eigenvalue weighted by Gasteiger charge is 2.30. The Bertz CT molecular complexity index is 992. The number of fused-ring (bicyclic) bond motifs is 4. The van der Waals surface area contributed by atoms with E-state index in [-0.39, 0.29) is 17.7 Å². The molecule has 4 nitrogen and oxygen atoms in total. The Hall–Kier alpha value is -2.40. The van der Waals surface area contributed by atoms with E-state index >= 15 is 0 Å². The van der Waals surface area contributed by atoms with Gasteiger partial charge in [-0.3, -0.25) is 0 Å². The second-order valence-corrected chi connectivity index (χ2v) is 6.83. The van der Waals surface area contributed by atoms with Crippen molar-refractivity contribution >= 4 is 22.7 Å². The summed E-state index contributed by atoms with van der Waals surface area (Å²) in [6.45, 7) is 0.269. The summed E-state index contributed by atoms with van der Waals surface area (Å²) in [6, 6.07) is 13.7. The molecule has 0 saturated carbocycles. The molecule has 0 bridgehead atoms. The lowest BCUT2D eigenvalue weighted by atomic mass is 10.0. The van der Waals surface area contributed by atoms with Crippen LogP contribution in [-0.2, 0) is 6.42 Å². The molecule has 23 heavy (non-hydrogen) atoms. The smallest absolute Gasteiger partial charge is 0.350 e. The first-order valence-corrected chi connectivity index (χ1v) is 8.28. The highest BCUT2D eigenvalue weighted by molar-refractivity contribution is 7.99. The van der Waals surface area contributed by atoms with Crippen molar-refractivity contribution in [1.82, 2.24) is 0 Å². The minimum atomic E-state index is -0.244. The molecule has 2 aliphatic heterocycles. The summed E-state index contributed by atoms with van der Waals surface area (Å²) in [4.78, 5) is 13.0. The summed E-state index contributed by atoms with van der Waals surface area (Å²) in [5.74, 6) is 1.55. The van der Waals surface area contributed by atoms with Crippen LogP contribution in [0.5, 0.6) is 11.5 Å².